The summed E-state index contributed by atoms with van der Waals surface area (Å²) < 4.78 is 18.3. The predicted molar refractivity (Wildman–Crippen MR) is 107 cm³/mol. The molecule has 0 bridgehead atoms. The van der Waals surface area contributed by atoms with Gasteiger partial charge in [0.2, 0.25) is 0 Å². The van der Waals surface area contributed by atoms with Crippen molar-refractivity contribution < 1.29 is 18.7 Å². The molecule has 2 amide bonds. The second kappa shape index (κ2) is 8.54. The van der Waals surface area contributed by atoms with Crippen molar-refractivity contribution in [2.24, 2.45) is 0 Å². The number of hydrogen-bond donors (Lipinski definition) is 2. The van der Waals surface area contributed by atoms with Gasteiger partial charge in [0.15, 0.2) is 0 Å². The number of hydrogen-bond acceptors (Lipinski definition) is 3. The van der Waals surface area contributed by atoms with Crippen LogP contribution in [0.15, 0.2) is 66.7 Å². The molecule has 0 unspecified atom stereocenters. The lowest BCUT2D eigenvalue weighted by atomic mass is 10.1. The van der Waals surface area contributed by atoms with Crippen molar-refractivity contribution in [1.82, 2.24) is 0 Å². The lowest BCUT2D eigenvalue weighted by Crippen LogP contribution is -2.14. The van der Waals surface area contributed by atoms with Crippen LogP contribution in [0.1, 0.15) is 20.7 Å². The van der Waals surface area contributed by atoms with Crippen LogP contribution in [-0.2, 0) is 0 Å². The van der Waals surface area contributed by atoms with Crippen molar-refractivity contribution >= 4 is 34.8 Å². The van der Waals surface area contributed by atoms with Crippen LogP contribution in [0, 0.1) is 5.82 Å². The number of ether oxygens (including phenoxy) is 1. The second-order valence-corrected chi connectivity index (χ2v) is 6.25. The number of carbonyl (C=O) groups excluding carboxylic acids is 2. The van der Waals surface area contributed by atoms with Crippen LogP contribution >= 0.6 is 11.6 Å². The Hall–Kier alpha value is -3.38. The highest BCUT2D eigenvalue weighted by Crippen LogP contribution is 2.21. The minimum atomic E-state index is -0.567. The normalized spacial score (nSPS) is 10.2. The molecule has 0 heterocycles. The van der Waals surface area contributed by atoms with Crippen molar-refractivity contribution in [3.05, 3.63) is 88.7 Å². The lowest BCUT2D eigenvalue weighted by molar-refractivity contribution is 0.101. The Morgan fingerprint density at radius 1 is 0.857 bits per heavy atom. The first-order chi connectivity index (χ1) is 13.5. The van der Waals surface area contributed by atoms with E-state index in [1.165, 1.54) is 18.2 Å². The average Bonchev–Trinajstić information content (AvgIpc) is 2.71. The quantitative estimate of drug-likeness (QED) is 0.636. The number of benzene rings is 3. The van der Waals surface area contributed by atoms with Crippen LogP contribution in [0.25, 0.3) is 0 Å². The molecule has 142 valence electrons. The Balaban J connectivity index is 1.71. The third kappa shape index (κ3) is 4.66. The van der Waals surface area contributed by atoms with Gasteiger partial charge in [-0.1, -0.05) is 17.7 Å². The summed E-state index contributed by atoms with van der Waals surface area (Å²) in [6.45, 7) is 0. The molecule has 3 rings (SSSR count). The van der Waals surface area contributed by atoms with E-state index in [4.69, 9.17) is 16.3 Å². The lowest BCUT2D eigenvalue weighted by Gasteiger charge is -2.09. The van der Waals surface area contributed by atoms with E-state index < -0.39 is 11.7 Å². The summed E-state index contributed by atoms with van der Waals surface area (Å²) >= 11 is 5.72. The van der Waals surface area contributed by atoms with E-state index in [1.54, 1.807) is 55.6 Å². The maximum absolute atomic E-state index is 13.2. The minimum absolute atomic E-state index is 0.0849. The highest BCUT2D eigenvalue weighted by atomic mass is 35.5. The molecule has 7 heteroatoms. The molecule has 0 atom stereocenters. The van der Waals surface area contributed by atoms with Gasteiger partial charge in [0, 0.05) is 22.5 Å². The third-order valence-electron chi connectivity index (χ3n) is 3.91. The number of amides is 2. The maximum atomic E-state index is 13.2. The maximum Gasteiger partial charge on any atom is 0.255 e. The molecule has 0 aliphatic heterocycles. The van der Waals surface area contributed by atoms with Crippen molar-refractivity contribution in [1.29, 1.82) is 0 Å². The molecule has 0 saturated carbocycles. The molecule has 0 aliphatic carbocycles. The smallest absolute Gasteiger partial charge is 0.255 e. The van der Waals surface area contributed by atoms with E-state index in [9.17, 15) is 14.0 Å². The molecule has 3 aromatic carbocycles. The molecule has 2 N–H and O–H groups in total. The van der Waals surface area contributed by atoms with Gasteiger partial charge < -0.3 is 15.4 Å². The van der Waals surface area contributed by atoms with E-state index in [1.807, 2.05) is 0 Å². The predicted octanol–water partition coefficient (Wildman–Crippen LogP) is 4.99. The minimum Gasteiger partial charge on any atom is -0.497 e. The Morgan fingerprint density at radius 3 is 2.14 bits per heavy atom. The van der Waals surface area contributed by atoms with Gasteiger partial charge >= 0.3 is 0 Å². The van der Waals surface area contributed by atoms with Gasteiger partial charge in [-0.3, -0.25) is 9.59 Å². The molecule has 3 aromatic rings. The van der Waals surface area contributed by atoms with Gasteiger partial charge in [0.25, 0.3) is 11.8 Å². The van der Waals surface area contributed by atoms with Crippen LogP contribution in [0.5, 0.6) is 5.75 Å². The topological polar surface area (TPSA) is 67.4 Å². The van der Waals surface area contributed by atoms with Crippen LogP contribution in [0.2, 0.25) is 5.02 Å². The number of carbonyl (C=O) groups is 2. The number of nitrogens with one attached hydrogen (secondary N) is 2. The number of rotatable bonds is 5. The van der Waals surface area contributed by atoms with Gasteiger partial charge in [-0.15, -0.1) is 0 Å². The average molecular weight is 399 g/mol. The molecule has 0 saturated heterocycles. The summed E-state index contributed by atoms with van der Waals surface area (Å²) in [5.74, 6) is -0.646. The zero-order chi connectivity index (χ0) is 20.1. The van der Waals surface area contributed by atoms with Gasteiger partial charge in [0.1, 0.15) is 11.6 Å². The van der Waals surface area contributed by atoms with Crippen LogP contribution in [0.4, 0.5) is 15.8 Å². The molecular formula is C21H16ClFN2O3. The largest absolute Gasteiger partial charge is 0.497 e. The van der Waals surface area contributed by atoms with Crippen LogP contribution in [-0.4, -0.2) is 18.9 Å². The number of methoxy groups -OCH3 is 1. The number of anilines is 2. The summed E-state index contributed by atoms with van der Waals surface area (Å²) in [7, 11) is 1.55. The SMILES string of the molecule is COc1ccc(C(=O)Nc2cccc(C(=O)Nc3ccc(F)c(Cl)c3)c2)cc1. The molecule has 0 radical (unpaired) electrons. The van der Waals surface area contributed by atoms with Crippen LogP contribution in [0.3, 0.4) is 0 Å². The molecule has 0 aliphatic rings. The van der Waals surface area contributed by atoms with Crippen molar-refractivity contribution in [2.45, 2.75) is 0 Å². The van der Waals surface area contributed by atoms with Crippen molar-refractivity contribution in [3.8, 4) is 5.75 Å². The summed E-state index contributed by atoms with van der Waals surface area (Å²) in [5, 5.41) is 5.29. The second-order valence-electron chi connectivity index (χ2n) is 5.85. The van der Waals surface area contributed by atoms with Gasteiger partial charge in [-0.25, -0.2) is 4.39 Å². The Labute approximate surface area is 166 Å². The fourth-order valence-electron chi connectivity index (χ4n) is 2.46. The molecule has 28 heavy (non-hydrogen) atoms. The van der Waals surface area contributed by atoms with E-state index in [0.717, 1.165) is 0 Å². The highest BCUT2D eigenvalue weighted by molar-refractivity contribution is 6.31. The zero-order valence-corrected chi connectivity index (χ0v) is 15.6. The van der Waals surface area contributed by atoms with E-state index in [-0.39, 0.29) is 10.9 Å². The molecule has 0 fully saturated rings. The van der Waals surface area contributed by atoms with Gasteiger partial charge in [-0.2, -0.15) is 0 Å². The Kier molecular flexibility index (Phi) is 5.91. The third-order valence-corrected chi connectivity index (χ3v) is 4.20. The fourth-order valence-corrected chi connectivity index (χ4v) is 2.64. The molecule has 0 aromatic heterocycles. The van der Waals surface area contributed by atoms with E-state index >= 15 is 0 Å². The zero-order valence-electron chi connectivity index (χ0n) is 14.8. The monoisotopic (exact) mass is 398 g/mol. The van der Waals surface area contributed by atoms with Gasteiger partial charge in [-0.05, 0) is 60.7 Å². The number of halogens is 2. The van der Waals surface area contributed by atoms with Crippen LogP contribution < -0.4 is 15.4 Å². The first-order valence-electron chi connectivity index (χ1n) is 8.28. The van der Waals surface area contributed by atoms with Crippen molar-refractivity contribution in [2.75, 3.05) is 17.7 Å². The Bertz CT molecular complexity index is 1020. The summed E-state index contributed by atoms with van der Waals surface area (Å²) in [4.78, 5) is 24.8. The Morgan fingerprint density at radius 2 is 1.50 bits per heavy atom. The molecule has 5 nitrogen and oxygen atoms in total. The van der Waals surface area contributed by atoms with E-state index in [2.05, 4.69) is 10.6 Å². The summed E-state index contributed by atoms with van der Waals surface area (Å²) in [5.41, 5.74) is 1.61. The highest BCUT2D eigenvalue weighted by Gasteiger charge is 2.11. The van der Waals surface area contributed by atoms with E-state index in [0.29, 0.717) is 28.3 Å². The standard InChI is InChI=1S/C21H16ClFN2O3/c1-28-17-8-5-13(6-9-17)20(26)24-15-4-2-3-14(11-15)21(27)25-16-7-10-19(23)18(22)12-16/h2-12H,1H3,(H,24,26)(H,25,27). The fraction of sp³-hybridized carbons (Fsp3) is 0.0476. The summed E-state index contributed by atoms with van der Waals surface area (Å²) in [6.07, 6.45) is 0. The van der Waals surface area contributed by atoms with Crippen molar-refractivity contribution in [3.63, 3.8) is 0 Å². The molecule has 0 spiro atoms. The first-order valence-corrected chi connectivity index (χ1v) is 8.66. The van der Waals surface area contributed by atoms with Gasteiger partial charge in [0.05, 0.1) is 12.1 Å². The first kappa shape index (κ1) is 19.4. The molecular weight excluding hydrogens is 383 g/mol. The summed E-state index contributed by atoms with van der Waals surface area (Å²) in [6, 6.07) is 17.0.